The second-order valence-corrected chi connectivity index (χ2v) is 7.14. The Hall–Kier alpha value is 0.310. The highest BCUT2D eigenvalue weighted by atomic mass is 127. The molecular weight excluding hydrogens is 385 g/mol. The minimum atomic E-state index is 0. The summed E-state index contributed by atoms with van der Waals surface area (Å²) in [5.41, 5.74) is 6.18. The SMILES string of the molecule is CSC1(CN=C(N)N2CCCC(C)C2)CCOCC1.I. The molecule has 6 heteroatoms. The molecule has 0 amide bonds. The Morgan fingerprint density at radius 2 is 2.15 bits per heavy atom. The Morgan fingerprint density at radius 1 is 1.45 bits per heavy atom. The number of halogens is 1. The minimum absolute atomic E-state index is 0. The first-order chi connectivity index (χ1) is 9.15. The number of nitrogens with zero attached hydrogens (tertiary/aromatic N) is 2. The molecule has 0 aromatic rings. The average Bonchev–Trinajstić information content (AvgIpc) is 2.46. The molecule has 2 heterocycles. The molecule has 2 rings (SSSR count). The lowest BCUT2D eigenvalue weighted by Gasteiger charge is -2.35. The molecule has 118 valence electrons. The largest absolute Gasteiger partial charge is 0.381 e. The lowest BCUT2D eigenvalue weighted by atomic mass is 9.99. The van der Waals surface area contributed by atoms with Crippen molar-refractivity contribution in [2.75, 3.05) is 39.1 Å². The van der Waals surface area contributed by atoms with Crippen LogP contribution in [0, 0.1) is 5.92 Å². The predicted octanol–water partition coefficient (Wildman–Crippen LogP) is 2.56. The number of aliphatic imine (C=N–C) groups is 1. The molecule has 2 aliphatic heterocycles. The van der Waals surface area contributed by atoms with Crippen LogP contribution in [-0.4, -0.2) is 54.7 Å². The van der Waals surface area contributed by atoms with E-state index in [2.05, 4.69) is 18.1 Å². The third-order valence-corrected chi connectivity index (χ3v) is 5.75. The van der Waals surface area contributed by atoms with Crippen molar-refractivity contribution < 1.29 is 4.74 Å². The maximum atomic E-state index is 6.18. The summed E-state index contributed by atoms with van der Waals surface area (Å²) in [4.78, 5) is 6.94. The van der Waals surface area contributed by atoms with E-state index < -0.39 is 0 Å². The summed E-state index contributed by atoms with van der Waals surface area (Å²) < 4.78 is 5.70. The fourth-order valence-corrected chi connectivity index (χ4v) is 3.66. The zero-order chi connectivity index (χ0) is 13.7. The maximum absolute atomic E-state index is 6.18. The molecule has 0 bridgehead atoms. The van der Waals surface area contributed by atoms with Gasteiger partial charge in [0, 0.05) is 31.1 Å². The average molecular weight is 413 g/mol. The van der Waals surface area contributed by atoms with E-state index in [0.717, 1.165) is 57.6 Å². The number of likely N-dealkylation sites (tertiary alicyclic amines) is 1. The van der Waals surface area contributed by atoms with Gasteiger partial charge in [0.2, 0.25) is 0 Å². The van der Waals surface area contributed by atoms with E-state index in [1.54, 1.807) is 0 Å². The third kappa shape index (κ3) is 4.94. The summed E-state index contributed by atoms with van der Waals surface area (Å²) in [7, 11) is 0. The van der Waals surface area contributed by atoms with Crippen molar-refractivity contribution >= 4 is 41.7 Å². The van der Waals surface area contributed by atoms with E-state index in [0.29, 0.717) is 0 Å². The van der Waals surface area contributed by atoms with Gasteiger partial charge in [-0.25, -0.2) is 0 Å². The van der Waals surface area contributed by atoms with Crippen molar-refractivity contribution in [2.24, 2.45) is 16.6 Å². The van der Waals surface area contributed by atoms with Crippen LogP contribution in [0.4, 0.5) is 0 Å². The molecular formula is C14H28IN3OS. The standard InChI is InChI=1S/C14H27N3OS.HI/c1-12-4-3-7-17(10-12)13(15)16-11-14(19-2)5-8-18-9-6-14;/h12H,3-11H2,1-2H3,(H2,15,16);1H. The van der Waals surface area contributed by atoms with Crippen LogP contribution >= 0.6 is 35.7 Å². The summed E-state index contributed by atoms with van der Waals surface area (Å²) in [6.07, 6.45) is 6.90. The third-order valence-electron chi connectivity index (χ3n) is 4.35. The Labute approximate surface area is 144 Å². The number of nitrogens with two attached hydrogens (primary N) is 1. The smallest absolute Gasteiger partial charge is 0.191 e. The number of piperidine rings is 1. The molecule has 4 nitrogen and oxygen atoms in total. The fourth-order valence-electron chi connectivity index (χ4n) is 2.89. The van der Waals surface area contributed by atoms with Crippen molar-refractivity contribution in [1.82, 2.24) is 4.90 Å². The van der Waals surface area contributed by atoms with E-state index in [4.69, 9.17) is 15.5 Å². The van der Waals surface area contributed by atoms with Crippen molar-refractivity contribution in [1.29, 1.82) is 0 Å². The summed E-state index contributed by atoms with van der Waals surface area (Å²) in [6, 6.07) is 0. The van der Waals surface area contributed by atoms with E-state index in [9.17, 15) is 0 Å². The number of guanidine groups is 1. The first-order valence-corrected chi connectivity index (χ1v) is 8.55. The number of thioether (sulfide) groups is 1. The second-order valence-electron chi connectivity index (χ2n) is 5.87. The molecule has 0 aliphatic carbocycles. The Bertz CT molecular complexity index is 322. The van der Waals surface area contributed by atoms with Crippen molar-refractivity contribution in [3.05, 3.63) is 0 Å². The highest BCUT2D eigenvalue weighted by Crippen LogP contribution is 2.34. The number of ether oxygens (including phenoxy) is 1. The molecule has 0 spiro atoms. The molecule has 1 unspecified atom stereocenters. The molecule has 0 aromatic heterocycles. The van der Waals surface area contributed by atoms with Gasteiger partial charge >= 0.3 is 0 Å². The maximum Gasteiger partial charge on any atom is 0.191 e. The molecule has 2 fully saturated rings. The second kappa shape index (κ2) is 8.68. The first kappa shape index (κ1) is 18.4. The van der Waals surface area contributed by atoms with Gasteiger partial charge in [-0.05, 0) is 37.9 Å². The summed E-state index contributed by atoms with van der Waals surface area (Å²) in [5.74, 6) is 1.48. The highest BCUT2D eigenvalue weighted by Gasteiger charge is 2.31. The zero-order valence-electron chi connectivity index (χ0n) is 12.6. The minimum Gasteiger partial charge on any atom is -0.381 e. The van der Waals surface area contributed by atoms with Crippen LogP contribution in [0.1, 0.15) is 32.6 Å². The van der Waals surface area contributed by atoms with Gasteiger partial charge in [-0.15, -0.1) is 24.0 Å². The zero-order valence-corrected chi connectivity index (χ0v) is 15.8. The Kier molecular flexibility index (Phi) is 7.97. The summed E-state index contributed by atoms with van der Waals surface area (Å²) in [6.45, 7) is 6.96. The molecule has 0 radical (unpaired) electrons. The van der Waals surface area contributed by atoms with Crippen LogP contribution in [0.2, 0.25) is 0 Å². The van der Waals surface area contributed by atoms with Gasteiger partial charge in [0.05, 0.1) is 6.54 Å². The quantitative estimate of drug-likeness (QED) is 0.439. The van der Waals surface area contributed by atoms with Gasteiger partial charge in [0.15, 0.2) is 5.96 Å². The topological polar surface area (TPSA) is 50.8 Å². The monoisotopic (exact) mass is 413 g/mol. The van der Waals surface area contributed by atoms with E-state index >= 15 is 0 Å². The molecule has 0 aromatic carbocycles. The van der Waals surface area contributed by atoms with E-state index in [1.807, 2.05) is 11.8 Å². The van der Waals surface area contributed by atoms with Crippen LogP contribution in [0.15, 0.2) is 4.99 Å². The number of rotatable bonds is 3. The van der Waals surface area contributed by atoms with Crippen molar-refractivity contribution in [2.45, 2.75) is 37.4 Å². The van der Waals surface area contributed by atoms with Crippen LogP contribution < -0.4 is 5.73 Å². The molecule has 2 saturated heterocycles. The van der Waals surface area contributed by atoms with E-state index in [-0.39, 0.29) is 28.7 Å². The number of hydrogen-bond donors (Lipinski definition) is 1. The lowest BCUT2D eigenvalue weighted by molar-refractivity contribution is 0.0793. The Balaban J connectivity index is 0.00000200. The van der Waals surface area contributed by atoms with Crippen LogP contribution in [0.5, 0.6) is 0 Å². The highest BCUT2D eigenvalue weighted by molar-refractivity contribution is 14.0. The summed E-state index contributed by atoms with van der Waals surface area (Å²) in [5, 5.41) is 0. The number of hydrogen-bond acceptors (Lipinski definition) is 3. The van der Waals surface area contributed by atoms with E-state index in [1.165, 1.54) is 12.8 Å². The van der Waals surface area contributed by atoms with Gasteiger partial charge < -0.3 is 15.4 Å². The Morgan fingerprint density at radius 3 is 2.75 bits per heavy atom. The van der Waals surface area contributed by atoms with Gasteiger partial charge in [-0.2, -0.15) is 11.8 Å². The van der Waals surface area contributed by atoms with Crippen molar-refractivity contribution in [3.63, 3.8) is 0 Å². The molecule has 2 N–H and O–H groups in total. The van der Waals surface area contributed by atoms with Gasteiger partial charge in [0.25, 0.3) is 0 Å². The molecule has 0 saturated carbocycles. The first-order valence-electron chi connectivity index (χ1n) is 7.33. The summed E-state index contributed by atoms with van der Waals surface area (Å²) >= 11 is 1.92. The van der Waals surface area contributed by atoms with Gasteiger partial charge in [-0.3, -0.25) is 4.99 Å². The van der Waals surface area contributed by atoms with Crippen LogP contribution in [0.3, 0.4) is 0 Å². The normalized spacial score (nSPS) is 27.0. The molecule has 1 atom stereocenters. The van der Waals surface area contributed by atoms with Gasteiger partial charge in [0.1, 0.15) is 0 Å². The molecule has 20 heavy (non-hydrogen) atoms. The molecule has 2 aliphatic rings. The van der Waals surface area contributed by atoms with Crippen LogP contribution in [-0.2, 0) is 4.74 Å². The van der Waals surface area contributed by atoms with Crippen LogP contribution in [0.25, 0.3) is 0 Å². The lowest BCUT2D eigenvalue weighted by Crippen LogP contribution is -2.44. The predicted molar refractivity (Wildman–Crippen MR) is 98.2 cm³/mol. The van der Waals surface area contributed by atoms with Gasteiger partial charge in [-0.1, -0.05) is 6.92 Å². The fraction of sp³-hybridized carbons (Fsp3) is 0.929. The van der Waals surface area contributed by atoms with Crippen molar-refractivity contribution in [3.8, 4) is 0 Å².